The van der Waals surface area contributed by atoms with Gasteiger partial charge in [0.15, 0.2) is 17.5 Å². The van der Waals surface area contributed by atoms with Crippen molar-refractivity contribution < 1.29 is 18.0 Å². The van der Waals surface area contributed by atoms with E-state index >= 15 is 0 Å². The molecule has 0 saturated heterocycles. The standard InChI is InChI=1S/C21H17F3N2O/c1-13(21(27)26-18-12-11-17(22)19(23)20(18)24)25-16-9-7-15(8-10-16)14-5-3-2-4-6-14/h2-13,25H,1H3,(H,26,27). The maximum Gasteiger partial charge on any atom is 0.246 e. The van der Waals surface area contributed by atoms with Crippen LogP contribution in [0.1, 0.15) is 6.92 Å². The van der Waals surface area contributed by atoms with Crippen molar-refractivity contribution in [2.45, 2.75) is 13.0 Å². The first-order chi connectivity index (χ1) is 13.0. The van der Waals surface area contributed by atoms with Crippen LogP contribution in [0.3, 0.4) is 0 Å². The summed E-state index contributed by atoms with van der Waals surface area (Å²) in [6.07, 6.45) is 0. The Morgan fingerprint density at radius 3 is 2.11 bits per heavy atom. The van der Waals surface area contributed by atoms with Gasteiger partial charge >= 0.3 is 0 Å². The number of benzene rings is 3. The van der Waals surface area contributed by atoms with Gasteiger partial charge in [0.2, 0.25) is 5.91 Å². The number of nitrogens with one attached hydrogen (secondary N) is 2. The van der Waals surface area contributed by atoms with E-state index < -0.39 is 35.1 Å². The van der Waals surface area contributed by atoms with Crippen molar-refractivity contribution in [3.8, 4) is 11.1 Å². The highest BCUT2D eigenvalue weighted by Crippen LogP contribution is 2.22. The normalized spacial score (nSPS) is 11.7. The number of carbonyl (C=O) groups excluding carboxylic acids is 1. The third kappa shape index (κ3) is 4.28. The van der Waals surface area contributed by atoms with Crippen LogP contribution in [0.2, 0.25) is 0 Å². The zero-order valence-electron chi connectivity index (χ0n) is 14.5. The molecule has 1 atom stereocenters. The summed E-state index contributed by atoms with van der Waals surface area (Å²) in [5, 5.41) is 5.24. The van der Waals surface area contributed by atoms with Crippen molar-refractivity contribution in [2.24, 2.45) is 0 Å². The van der Waals surface area contributed by atoms with Gasteiger partial charge in [-0.3, -0.25) is 4.79 Å². The smallest absolute Gasteiger partial charge is 0.246 e. The Morgan fingerprint density at radius 1 is 0.815 bits per heavy atom. The molecule has 0 radical (unpaired) electrons. The van der Waals surface area contributed by atoms with Crippen LogP contribution in [0.25, 0.3) is 11.1 Å². The third-order valence-electron chi connectivity index (χ3n) is 4.06. The lowest BCUT2D eigenvalue weighted by Crippen LogP contribution is -2.32. The molecule has 2 N–H and O–H groups in total. The first-order valence-electron chi connectivity index (χ1n) is 8.32. The van der Waals surface area contributed by atoms with Crippen molar-refractivity contribution in [3.63, 3.8) is 0 Å². The van der Waals surface area contributed by atoms with Crippen LogP contribution in [0, 0.1) is 17.5 Å². The van der Waals surface area contributed by atoms with Gasteiger partial charge in [-0.15, -0.1) is 0 Å². The molecule has 0 spiro atoms. The molecule has 27 heavy (non-hydrogen) atoms. The summed E-state index contributed by atoms with van der Waals surface area (Å²) >= 11 is 0. The summed E-state index contributed by atoms with van der Waals surface area (Å²) < 4.78 is 39.9. The molecule has 3 nitrogen and oxygen atoms in total. The van der Waals surface area contributed by atoms with Crippen LogP contribution < -0.4 is 10.6 Å². The Labute approximate surface area is 154 Å². The minimum Gasteiger partial charge on any atom is -0.374 e. The number of halogens is 3. The minimum atomic E-state index is -1.62. The van der Waals surface area contributed by atoms with Crippen LogP contribution in [0.4, 0.5) is 24.5 Å². The van der Waals surface area contributed by atoms with Crippen molar-refractivity contribution in [1.82, 2.24) is 0 Å². The monoisotopic (exact) mass is 370 g/mol. The molecule has 0 fully saturated rings. The van der Waals surface area contributed by atoms with Gasteiger partial charge in [0.1, 0.15) is 6.04 Å². The average Bonchev–Trinajstić information content (AvgIpc) is 2.69. The Morgan fingerprint density at radius 2 is 1.44 bits per heavy atom. The Kier molecular flexibility index (Phi) is 5.45. The molecule has 0 aromatic heterocycles. The summed E-state index contributed by atoms with van der Waals surface area (Å²) in [5.74, 6) is -4.94. The molecule has 1 unspecified atom stereocenters. The average molecular weight is 370 g/mol. The SMILES string of the molecule is CC(Nc1ccc(-c2ccccc2)cc1)C(=O)Nc1ccc(F)c(F)c1F. The number of rotatable bonds is 5. The molecule has 3 aromatic carbocycles. The van der Waals surface area contributed by atoms with Gasteiger partial charge in [-0.05, 0) is 42.3 Å². The van der Waals surface area contributed by atoms with E-state index in [-0.39, 0.29) is 0 Å². The zero-order valence-corrected chi connectivity index (χ0v) is 14.5. The molecule has 3 rings (SSSR count). The van der Waals surface area contributed by atoms with Crippen molar-refractivity contribution >= 4 is 17.3 Å². The molecular formula is C21H17F3N2O. The van der Waals surface area contributed by atoms with E-state index in [1.54, 1.807) is 6.92 Å². The molecule has 1 amide bonds. The fourth-order valence-electron chi connectivity index (χ4n) is 2.57. The molecule has 0 aliphatic carbocycles. The van der Waals surface area contributed by atoms with Crippen LogP contribution in [0.5, 0.6) is 0 Å². The van der Waals surface area contributed by atoms with Crippen molar-refractivity contribution in [2.75, 3.05) is 10.6 Å². The largest absolute Gasteiger partial charge is 0.374 e. The molecule has 0 aliphatic heterocycles. The second kappa shape index (κ2) is 7.95. The van der Waals surface area contributed by atoms with Gasteiger partial charge in [-0.2, -0.15) is 0 Å². The van der Waals surface area contributed by atoms with Crippen LogP contribution >= 0.6 is 0 Å². The number of hydrogen-bond donors (Lipinski definition) is 2. The zero-order chi connectivity index (χ0) is 19.4. The molecule has 0 heterocycles. The molecule has 0 saturated carbocycles. The topological polar surface area (TPSA) is 41.1 Å². The van der Waals surface area contributed by atoms with E-state index in [0.29, 0.717) is 5.69 Å². The second-order valence-corrected chi connectivity index (χ2v) is 6.02. The quantitative estimate of drug-likeness (QED) is 0.606. The molecule has 3 aromatic rings. The number of hydrogen-bond acceptors (Lipinski definition) is 2. The first-order valence-corrected chi connectivity index (χ1v) is 8.32. The highest BCUT2D eigenvalue weighted by Gasteiger charge is 2.18. The Balaban J connectivity index is 1.65. The van der Waals surface area contributed by atoms with Gasteiger partial charge < -0.3 is 10.6 Å². The number of amides is 1. The van der Waals surface area contributed by atoms with E-state index in [4.69, 9.17) is 0 Å². The van der Waals surface area contributed by atoms with E-state index in [1.807, 2.05) is 54.6 Å². The summed E-state index contributed by atoms with van der Waals surface area (Å²) in [4.78, 5) is 12.2. The van der Waals surface area contributed by atoms with Gasteiger partial charge in [-0.25, -0.2) is 13.2 Å². The van der Waals surface area contributed by atoms with E-state index in [1.165, 1.54) is 0 Å². The Hall–Kier alpha value is -3.28. The molecular weight excluding hydrogens is 353 g/mol. The lowest BCUT2D eigenvalue weighted by atomic mass is 10.1. The van der Waals surface area contributed by atoms with Crippen LogP contribution in [0.15, 0.2) is 66.7 Å². The van der Waals surface area contributed by atoms with Crippen molar-refractivity contribution in [1.29, 1.82) is 0 Å². The number of carbonyl (C=O) groups is 1. The molecule has 138 valence electrons. The molecule has 0 aliphatic rings. The third-order valence-corrected chi connectivity index (χ3v) is 4.06. The van der Waals surface area contributed by atoms with Crippen LogP contribution in [-0.2, 0) is 4.79 Å². The fraction of sp³-hybridized carbons (Fsp3) is 0.0952. The van der Waals surface area contributed by atoms with Gasteiger partial charge in [0.05, 0.1) is 5.69 Å². The van der Waals surface area contributed by atoms with Gasteiger partial charge in [0, 0.05) is 5.69 Å². The minimum absolute atomic E-state index is 0.410. The predicted molar refractivity (Wildman–Crippen MR) is 99.9 cm³/mol. The highest BCUT2D eigenvalue weighted by atomic mass is 19.2. The lowest BCUT2D eigenvalue weighted by molar-refractivity contribution is -0.116. The molecule has 0 bridgehead atoms. The summed E-state index contributed by atoms with van der Waals surface area (Å²) in [6.45, 7) is 1.58. The summed E-state index contributed by atoms with van der Waals surface area (Å²) in [6, 6.07) is 18.3. The Bertz CT molecular complexity index is 944. The first kappa shape index (κ1) is 18.5. The van der Waals surface area contributed by atoms with E-state index in [2.05, 4.69) is 10.6 Å². The second-order valence-electron chi connectivity index (χ2n) is 6.02. The maximum atomic E-state index is 13.7. The van der Waals surface area contributed by atoms with E-state index in [9.17, 15) is 18.0 Å². The summed E-state index contributed by atoms with van der Waals surface area (Å²) in [5.41, 5.74) is 2.39. The predicted octanol–water partition coefficient (Wildman–Crippen LogP) is 5.21. The number of anilines is 2. The van der Waals surface area contributed by atoms with Crippen LogP contribution in [-0.4, -0.2) is 11.9 Å². The lowest BCUT2D eigenvalue weighted by Gasteiger charge is -2.16. The fourth-order valence-corrected chi connectivity index (χ4v) is 2.57. The summed E-state index contributed by atoms with van der Waals surface area (Å²) in [7, 11) is 0. The van der Waals surface area contributed by atoms with Gasteiger partial charge in [-0.1, -0.05) is 42.5 Å². The van der Waals surface area contributed by atoms with Gasteiger partial charge in [0.25, 0.3) is 0 Å². The molecule has 6 heteroatoms. The maximum absolute atomic E-state index is 13.7. The van der Waals surface area contributed by atoms with Crippen molar-refractivity contribution in [3.05, 3.63) is 84.2 Å². The van der Waals surface area contributed by atoms with E-state index in [0.717, 1.165) is 23.3 Å². The highest BCUT2D eigenvalue weighted by molar-refractivity contribution is 5.96.